The molecule has 2 aromatic rings. The van der Waals surface area contributed by atoms with Gasteiger partial charge in [-0.3, -0.25) is 9.59 Å². The van der Waals surface area contributed by atoms with E-state index in [1.807, 2.05) is 30.3 Å². The minimum Gasteiger partial charge on any atom is -0.353 e. The molecule has 6 heteroatoms. The fourth-order valence-corrected chi connectivity index (χ4v) is 2.84. The molecular weight excluding hydrogens is 314 g/mol. The van der Waals surface area contributed by atoms with E-state index >= 15 is 0 Å². The van der Waals surface area contributed by atoms with E-state index in [-0.39, 0.29) is 11.5 Å². The Morgan fingerprint density at radius 2 is 1.79 bits per heavy atom. The van der Waals surface area contributed by atoms with E-state index in [4.69, 9.17) is 0 Å². The monoisotopic (exact) mass is 330 g/mol. The highest BCUT2D eigenvalue weighted by molar-refractivity contribution is 5.98. The fraction of sp³-hybridized carbons (Fsp3) is 0.222. The van der Waals surface area contributed by atoms with Crippen molar-refractivity contribution in [3.05, 3.63) is 71.3 Å². The van der Waals surface area contributed by atoms with Crippen molar-refractivity contribution < 1.29 is 18.4 Å². The first kappa shape index (κ1) is 16.1. The normalized spacial score (nSPS) is 17.5. The highest BCUT2D eigenvalue weighted by Crippen LogP contribution is 2.17. The molecule has 0 bridgehead atoms. The van der Waals surface area contributed by atoms with Gasteiger partial charge in [-0.1, -0.05) is 30.3 Å². The summed E-state index contributed by atoms with van der Waals surface area (Å²) in [5.41, 5.74) is 0.808. The molecule has 124 valence electrons. The van der Waals surface area contributed by atoms with Crippen molar-refractivity contribution in [1.29, 1.82) is 0 Å². The predicted octanol–water partition coefficient (Wildman–Crippen LogP) is 2.15. The highest BCUT2D eigenvalue weighted by atomic mass is 19.1. The zero-order valence-electron chi connectivity index (χ0n) is 12.8. The Kier molecular flexibility index (Phi) is 4.55. The van der Waals surface area contributed by atoms with Gasteiger partial charge in [0.2, 0.25) is 5.91 Å². The highest BCUT2D eigenvalue weighted by Gasteiger charge is 2.33. The standard InChI is InChI=1S/C18H16F2N2O2/c19-14-9-13(10-15(20)11-14)18(24)22-7-6-21-17(23)16(22)8-12-4-2-1-3-5-12/h1-5,9-11,16H,6-8H2,(H,21,23)/t16-/m1/s1. The minimum absolute atomic E-state index is 0.0970. The Morgan fingerprint density at radius 1 is 1.12 bits per heavy atom. The second kappa shape index (κ2) is 6.78. The molecule has 0 aliphatic carbocycles. The summed E-state index contributed by atoms with van der Waals surface area (Å²) in [4.78, 5) is 26.3. The zero-order valence-corrected chi connectivity index (χ0v) is 12.8. The van der Waals surface area contributed by atoms with Crippen molar-refractivity contribution in [3.63, 3.8) is 0 Å². The maximum Gasteiger partial charge on any atom is 0.254 e. The minimum atomic E-state index is -0.820. The molecule has 0 spiro atoms. The average molecular weight is 330 g/mol. The van der Waals surface area contributed by atoms with Crippen molar-refractivity contribution in [1.82, 2.24) is 10.2 Å². The number of nitrogens with zero attached hydrogens (tertiary/aromatic N) is 1. The molecule has 4 nitrogen and oxygen atoms in total. The summed E-state index contributed by atoms with van der Waals surface area (Å²) in [7, 11) is 0. The molecular formula is C18H16F2N2O2. The molecule has 1 aliphatic heterocycles. The first-order valence-corrected chi connectivity index (χ1v) is 7.63. The van der Waals surface area contributed by atoms with Crippen LogP contribution < -0.4 is 5.32 Å². The summed E-state index contributed by atoms with van der Waals surface area (Å²) in [6, 6.07) is 11.3. The van der Waals surface area contributed by atoms with Crippen LogP contribution in [0.1, 0.15) is 15.9 Å². The fourth-order valence-electron chi connectivity index (χ4n) is 2.84. The van der Waals surface area contributed by atoms with Gasteiger partial charge in [-0.05, 0) is 17.7 Å². The number of hydrogen-bond acceptors (Lipinski definition) is 2. The lowest BCUT2D eigenvalue weighted by atomic mass is 10.0. The van der Waals surface area contributed by atoms with Gasteiger partial charge in [0, 0.05) is 31.1 Å². The molecule has 1 fully saturated rings. The van der Waals surface area contributed by atoms with Crippen LogP contribution in [-0.2, 0) is 11.2 Å². The van der Waals surface area contributed by atoms with Crippen LogP contribution in [0, 0.1) is 11.6 Å². The number of rotatable bonds is 3. The van der Waals surface area contributed by atoms with E-state index in [2.05, 4.69) is 5.32 Å². The molecule has 24 heavy (non-hydrogen) atoms. The molecule has 1 atom stereocenters. The second-order valence-electron chi connectivity index (χ2n) is 5.65. The van der Waals surface area contributed by atoms with Gasteiger partial charge in [-0.15, -0.1) is 0 Å². The van der Waals surface area contributed by atoms with Crippen LogP contribution in [-0.4, -0.2) is 35.8 Å². The van der Waals surface area contributed by atoms with Crippen molar-refractivity contribution >= 4 is 11.8 Å². The maximum atomic E-state index is 13.4. The molecule has 0 saturated carbocycles. The molecule has 3 rings (SSSR count). The number of carbonyl (C=O) groups is 2. The van der Waals surface area contributed by atoms with Crippen LogP contribution in [0.5, 0.6) is 0 Å². The third-order valence-electron chi connectivity index (χ3n) is 3.97. The van der Waals surface area contributed by atoms with Crippen LogP contribution in [0.15, 0.2) is 48.5 Å². The number of nitrogens with one attached hydrogen (secondary N) is 1. The molecule has 1 heterocycles. The average Bonchev–Trinajstić information content (AvgIpc) is 2.56. The van der Waals surface area contributed by atoms with E-state index < -0.39 is 23.6 Å². The van der Waals surface area contributed by atoms with E-state index in [1.165, 1.54) is 4.90 Å². The summed E-state index contributed by atoms with van der Waals surface area (Å²) >= 11 is 0. The molecule has 1 N–H and O–H groups in total. The number of carbonyl (C=O) groups excluding carboxylic acids is 2. The largest absolute Gasteiger partial charge is 0.353 e. The van der Waals surface area contributed by atoms with Crippen LogP contribution in [0.4, 0.5) is 8.78 Å². The number of piperazine rings is 1. The Morgan fingerprint density at radius 3 is 2.46 bits per heavy atom. The van der Waals surface area contributed by atoms with Gasteiger partial charge in [0.25, 0.3) is 5.91 Å². The Balaban J connectivity index is 1.88. The van der Waals surface area contributed by atoms with Gasteiger partial charge in [-0.25, -0.2) is 8.78 Å². The quantitative estimate of drug-likeness (QED) is 0.937. The Labute approximate surface area is 138 Å². The third-order valence-corrected chi connectivity index (χ3v) is 3.97. The lowest BCUT2D eigenvalue weighted by molar-refractivity contribution is -0.127. The number of halogens is 2. The molecule has 1 saturated heterocycles. The lowest BCUT2D eigenvalue weighted by Gasteiger charge is -2.35. The summed E-state index contributed by atoms with van der Waals surface area (Å²) in [5, 5.41) is 2.73. The first-order chi connectivity index (χ1) is 11.5. The lowest BCUT2D eigenvalue weighted by Crippen LogP contribution is -2.58. The second-order valence-corrected chi connectivity index (χ2v) is 5.65. The van der Waals surface area contributed by atoms with Gasteiger partial charge < -0.3 is 10.2 Å². The van der Waals surface area contributed by atoms with Crippen molar-refractivity contribution in [2.75, 3.05) is 13.1 Å². The van der Waals surface area contributed by atoms with Gasteiger partial charge in [-0.2, -0.15) is 0 Å². The molecule has 1 aliphatic rings. The Hall–Kier alpha value is -2.76. The van der Waals surface area contributed by atoms with E-state index in [1.54, 1.807) is 0 Å². The molecule has 2 amide bonds. The first-order valence-electron chi connectivity index (χ1n) is 7.63. The summed E-state index contributed by atoms with van der Waals surface area (Å²) in [6.07, 6.45) is 0.343. The maximum absolute atomic E-state index is 13.4. The van der Waals surface area contributed by atoms with Crippen molar-refractivity contribution in [2.45, 2.75) is 12.5 Å². The molecule has 0 radical (unpaired) electrons. The molecule has 0 unspecified atom stereocenters. The van der Waals surface area contributed by atoms with Gasteiger partial charge in [0.05, 0.1) is 0 Å². The SMILES string of the molecule is O=C1NCCN(C(=O)c2cc(F)cc(F)c2)[C@@H]1Cc1ccccc1. The number of hydrogen-bond donors (Lipinski definition) is 1. The van der Waals surface area contributed by atoms with E-state index in [0.29, 0.717) is 25.6 Å². The summed E-state index contributed by atoms with van der Waals surface area (Å²) in [6.45, 7) is 0.605. The van der Waals surface area contributed by atoms with Gasteiger partial charge in [0.1, 0.15) is 17.7 Å². The van der Waals surface area contributed by atoms with Crippen LogP contribution in [0.3, 0.4) is 0 Å². The molecule has 2 aromatic carbocycles. The topological polar surface area (TPSA) is 49.4 Å². The Bertz CT molecular complexity index is 745. The number of amides is 2. The third kappa shape index (κ3) is 3.42. The smallest absolute Gasteiger partial charge is 0.254 e. The van der Waals surface area contributed by atoms with Gasteiger partial charge >= 0.3 is 0 Å². The van der Waals surface area contributed by atoms with Crippen molar-refractivity contribution in [3.8, 4) is 0 Å². The summed E-state index contributed by atoms with van der Waals surface area (Å²) < 4.78 is 26.8. The van der Waals surface area contributed by atoms with Crippen LogP contribution in [0.25, 0.3) is 0 Å². The van der Waals surface area contributed by atoms with Crippen LogP contribution >= 0.6 is 0 Å². The summed E-state index contributed by atoms with van der Waals surface area (Å²) in [5.74, 6) is -2.46. The number of benzene rings is 2. The van der Waals surface area contributed by atoms with E-state index in [9.17, 15) is 18.4 Å². The van der Waals surface area contributed by atoms with E-state index in [0.717, 1.165) is 17.7 Å². The zero-order chi connectivity index (χ0) is 17.1. The van der Waals surface area contributed by atoms with Crippen LogP contribution in [0.2, 0.25) is 0 Å². The molecule has 0 aromatic heterocycles. The van der Waals surface area contributed by atoms with Crippen molar-refractivity contribution in [2.24, 2.45) is 0 Å². The van der Waals surface area contributed by atoms with Gasteiger partial charge in [0.15, 0.2) is 0 Å². The predicted molar refractivity (Wildman–Crippen MR) is 84.3 cm³/mol.